The lowest BCUT2D eigenvalue weighted by atomic mass is 10.1. The first kappa shape index (κ1) is 22.4. The van der Waals surface area contributed by atoms with Gasteiger partial charge in [-0.25, -0.2) is 9.78 Å². The number of aromatic nitrogens is 1. The minimum atomic E-state index is -1.06. The average molecular weight is 483 g/mol. The van der Waals surface area contributed by atoms with Crippen molar-refractivity contribution < 1.29 is 18.7 Å². The number of rotatable bonds is 8. The highest BCUT2D eigenvalue weighted by molar-refractivity contribution is 7.13. The van der Waals surface area contributed by atoms with E-state index in [1.807, 2.05) is 72.1 Å². The molecule has 0 fully saturated rings. The Hall–Kier alpha value is -4.36. The number of fused-ring (bicyclic) bond motifs is 1. The monoisotopic (exact) mass is 482 g/mol. The molecular formula is C28H22N2O4S. The van der Waals surface area contributed by atoms with Crippen LogP contribution in [0.5, 0.6) is 5.88 Å². The second kappa shape index (κ2) is 9.87. The molecule has 0 saturated carbocycles. The Morgan fingerprint density at radius 3 is 2.63 bits per heavy atom. The molecule has 0 aliphatic carbocycles. The highest BCUT2D eigenvalue weighted by atomic mass is 32.1. The predicted molar refractivity (Wildman–Crippen MR) is 138 cm³/mol. The summed E-state index contributed by atoms with van der Waals surface area (Å²) in [5, 5.41) is 2.92. The summed E-state index contributed by atoms with van der Waals surface area (Å²) in [4.78, 5) is 18.5. The largest absolute Gasteiger partial charge is 0.458 e. The number of carbonyl (C=O) groups is 1. The van der Waals surface area contributed by atoms with E-state index in [-0.39, 0.29) is 18.2 Å². The second-order valence-corrected chi connectivity index (χ2v) is 8.67. The van der Waals surface area contributed by atoms with Crippen molar-refractivity contribution in [3.8, 4) is 27.8 Å². The molecule has 5 aromatic rings. The maximum absolute atomic E-state index is 12.9. The maximum Gasteiger partial charge on any atom is 0.352 e. The average Bonchev–Trinajstić information content (AvgIpc) is 3.57. The fourth-order valence-electron chi connectivity index (χ4n) is 3.70. The summed E-state index contributed by atoms with van der Waals surface area (Å²) in [6.07, 6.45) is 0.442. The Bertz CT molecular complexity index is 1440. The fraction of sp³-hybridized carbons (Fsp3) is 0.0714. The molecule has 1 unspecified atom stereocenters. The van der Waals surface area contributed by atoms with Gasteiger partial charge in [-0.15, -0.1) is 11.3 Å². The first-order valence-corrected chi connectivity index (χ1v) is 11.8. The topological polar surface area (TPSA) is 87.6 Å². The fourth-order valence-corrected chi connectivity index (χ4v) is 4.39. The number of carbonyl (C=O) groups excluding carboxylic acids is 1. The molecule has 7 heteroatoms. The number of nitrogen functional groups attached to an aromatic ring is 1. The molecule has 1 atom stereocenters. The van der Waals surface area contributed by atoms with Gasteiger partial charge in [0.25, 0.3) is 0 Å². The molecule has 5 rings (SSSR count). The van der Waals surface area contributed by atoms with Gasteiger partial charge in [-0.05, 0) is 29.6 Å². The van der Waals surface area contributed by atoms with Gasteiger partial charge in [0.15, 0.2) is 0 Å². The van der Waals surface area contributed by atoms with Crippen molar-refractivity contribution >= 4 is 34.0 Å². The minimum absolute atomic E-state index is 0.0634. The number of pyridine rings is 1. The zero-order chi connectivity index (χ0) is 24.2. The number of nitrogens with zero attached hydrogens (tertiary/aromatic N) is 1. The zero-order valence-corrected chi connectivity index (χ0v) is 19.5. The van der Waals surface area contributed by atoms with Crippen molar-refractivity contribution in [3.63, 3.8) is 0 Å². The number of furan rings is 1. The summed E-state index contributed by atoms with van der Waals surface area (Å²) in [5.74, 6) is 0.138. The van der Waals surface area contributed by atoms with Crippen molar-refractivity contribution in [3.05, 3.63) is 102 Å². The van der Waals surface area contributed by atoms with E-state index in [4.69, 9.17) is 19.6 Å². The van der Waals surface area contributed by atoms with Crippen LogP contribution < -0.4 is 10.5 Å². The number of ether oxygens (including phenoxy) is 2. The molecule has 2 aromatic carbocycles. The number of hydrogen-bond acceptors (Lipinski definition) is 7. The van der Waals surface area contributed by atoms with Crippen LogP contribution in [0.25, 0.3) is 32.9 Å². The number of benzene rings is 2. The molecule has 3 aromatic heterocycles. The van der Waals surface area contributed by atoms with Gasteiger partial charge in [0, 0.05) is 16.5 Å². The highest BCUT2D eigenvalue weighted by Gasteiger charge is 2.27. The van der Waals surface area contributed by atoms with Crippen LogP contribution in [0.2, 0.25) is 0 Å². The first-order chi connectivity index (χ1) is 17.1. The molecule has 0 bridgehead atoms. The van der Waals surface area contributed by atoms with E-state index in [9.17, 15) is 4.79 Å². The third kappa shape index (κ3) is 4.67. The van der Waals surface area contributed by atoms with Crippen LogP contribution in [0, 0.1) is 0 Å². The lowest BCUT2D eigenvalue weighted by Crippen LogP contribution is -2.22. The molecule has 6 nitrogen and oxygen atoms in total. The van der Waals surface area contributed by atoms with Crippen molar-refractivity contribution in [1.82, 2.24) is 4.98 Å². The molecule has 174 valence electrons. The molecule has 0 spiro atoms. The summed E-state index contributed by atoms with van der Waals surface area (Å²) in [6.45, 7) is 3.67. The molecule has 3 heterocycles. The van der Waals surface area contributed by atoms with E-state index < -0.39 is 12.1 Å². The molecule has 35 heavy (non-hydrogen) atoms. The molecule has 0 radical (unpaired) electrons. The summed E-state index contributed by atoms with van der Waals surface area (Å²) in [5.41, 5.74) is 9.49. The van der Waals surface area contributed by atoms with Crippen LogP contribution in [0.3, 0.4) is 0 Å². The van der Waals surface area contributed by atoms with E-state index in [1.165, 1.54) is 17.4 Å². The Kier molecular flexibility index (Phi) is 6.32. The molecule has 0 aliphatic rings. The number of para-hydroxylation sites is 1. The van der Waals surface area contributed by atoms with Crippen LogP contribution in [0.1, 0.15) is 11.7 Å². The summed E-state index contributed by atoms with van der Waals surface area (Å²) in [7, 11) is 0. The summed E-state index contributed by atoms with van der Waals surface area (Å²) >= 11 is 1.54. The Morgan fingerprint density at radius 1 is 1.09 bits per heavy atom. The Morgan fingerprint density at radius 2 is 1.89 bits per heavy atom. The smallest absolute Gasteiger partial charge is 0.352 e. The van der Waals surface area contributed by atoms with Crippen LogP contribution in [0.15, 0.2) is 101 Å². The zero-order valence-electron chi connectivity index (χ0n) is 18.7. The Balaban J connectivity index is 1.62. The van der Waals surface area contributed by atoms with Crippen LogP contribution in [-0.4, -0.2) is 17.6 Å². The predicted octanol–water partition coefficient (Wildman–Crippen LogP) is 6.65. The maximum atomic E-state index is 12.9. The minimum Gasteiger partial charge on any atom is -0.458 e. The van der Waals surface area contributed by atoms with Crippen molar-refractivity contribution in [2.45, 2.75) is 6.10 Å². The molecular weight excluding hydrogens is 460 g/mol. The normalized spacial score (nSPS) is 11.8. The van der Waals surface area contributed by atoms with Gasteiger partial charge in [-0.3, -0.25) is 0 Å². The van der Waals surface area contributed by atoms with Gasteiger partial charge in [-0.2, -0.15) is 0 Å². The van der Waals surface area contributed by atoms with Gasteiger partial charge < -0.3 is 19.6 Å². The third-order valence-electron chi connectivity index (χ3n) is 5.38. The van der Waals surface area contributed by atoms with Gasteiger partial charge in [-0.1, -0.05) is 67.3 Å². The third-order valence-corrected chi connectivity index (χ3v) is 6.27. The van der Waals surface area contributed by atoms with Gasteiger partial charge in [0.05, 0.1) is 10.6 Å². The summed E-state index contributed by atoms with van der Waals surface area (Å²) in [6, 6.07) is 24.5. The number of hydrogen-bond donors (Lipinski definition) is 1. The second-order valence-electron chi connectivity index (χ2n) is 7.73. The van der Waals surface area contributed by atoms with E-state index in [0.29, 0.717) is 22.6 Å². The van der Waals surface area contributed by atoms with Crippen molar-refractivity contribution in [2.24, 2.45) is 0 Å². The Labute approximate surface area is 206 Å². The van der Waals surface area contributed by atoms with E-state index in [0.717, 1.165) is 15.8 Å². The molecule has 0 saturated heterocycles. The van der Waals surface area contributed by atoms with E-state index in [2.05, 4.69) is 11.6 Å². The molecule has 0 amide bonds. The lowest BCUT2D eigenvalue weighted by molar-refractivity contribution is -0.151. The molecule has 2 N–H and O–H groups in total. The van der Waals surface area contributed by atoms with Crippen molar-refractivity contribution in [1.29, 1.82) is 0 Å². The first-order valence-electron chi connectivity index (χ1n) is 11.0. The van der Waals surface area contributed by atoms with Gasteiger partial charge in [0.1, 0.15) is 23.6 Å². The van der Waals surface area contributed by atoms with Crippen LogP contribution in [0.4, 0.5) is 5.69 Å². The van der Waals surface area contributed by atoms with Gasteiger partial charge >= 0.3 is 5.97 Å². The standard InChI is InChI=1S/C28H22N2O4S/c1-2-14-32-28(31)26(18-9-4-3-5-10-18)34-27-25(29)20(17-21(30-27)24-13-8-15-35-24)23-16-19-11-6-7-12-22(19)33-23/h2-13,15-17,26H,1,14,29H2. The molecule has 0 aliphatic heterocycles. The van der Waals surface area contributed by atoms with Crippen LogP contribution >= 0.6 is 11.3 Å². The number of anilines is 1. The van der Waals surface area contributed by atoms with Crippen molar-refractivity contribution in [2.75, 3.05) is 12.3 Å². The van der Waals surface area contributed by atoms with E-state index in [1.54, 1.807) is 12.1 Å². The summed E-state index contributed by atoms with van der Waals surface area (Å²) < 4.78 is 17.6. The number of esters is 1. The van der Waals surface area contributed by atoms with Gasteiger partial charge in [0.2, 0.25) is 12.0 Å². The number of thiophene rings is 1. The number of nitrogens with two attached hydrogens (primary N) is 1. The quantitative estimate of drug-likeness (QED) is 0.197. The van der Waals surface area contributed by atoms with E-state index >= 15 is 0 Å². The highest BCUT2D eigenvalue weighted by Crippen LogP contribution is 2.40. The van der Waals surface area contributed by atoms with Crippen LogP contribution in [-0.2, 0) is 9.53 Å². The lowest BCUT2D eigenvalue weighted by Gasteiger charge is -2.20. The SMILES string of the molecule is C=CCOC(=O)C(Oc1nc(-c2cccs2)cc(-c2cc3ccccc3o2)c1N)c1ccccc1.